The number of halogens is 2. The number of hydrogen-bond donors (Lipinski definition) is 0. The van der Waals surface area contributed by atoms with E-state index in [1.54, 1.807) is 7.11 Å². The minimum atomic E-state index is 0.490. The summed E-state index contributed by atoms with van der Waals surface area (Å²) in [4.78, 5) is 8.68. The average molecular weight is 361 g/mol. The van der Waals surface area contributed by atoms with Gasteiger partial charge in [0.1, 0.15) is 10.9 Å². The Labute approximate surface area is 118 Å². The van der Waals surface area contributed by atoms with Gasteiger partial charge in [-0.1, -0.05) is 11.6 Å². The molecule has 0 spiro atoms. The number of aryl methyl sites for hydroxylation is 1. The maximum Gasteiger partial charge on any atom is 0.161 e. The van der Waals surface area contributed by atoms with Gasteiger partial charge in [-0.2, -0.15) is 0 Å². The topological polar surface area (TPSA) is 35.0 Å². The molecule has 0 aliphatic carbocycles. The monoisotopic (exact) mass is 360 g/mol. The second-order valence-electron chi connectivity index (χ2n) is 3.47. The van der Waals surface area contributed by atoms with E-state index in [1.807, 2.05) is 31.2 Å². The zero-order valence-corrected chi connectivity index (χ0v) is 12.3. The van der Waals surface area contributed by atoms with Gasteiger partial charge in [0.25, 0.3) is 0 Å². The Kier molecular flexibility index (Phi) is 3.83. The second kappa shape index (κ2) is 5.18. The quantitative estimate of drug-likeness (QED) is 0.605. The number of aromatic nitrogens is 2. The van der Waals surface area contributed by atoms with Crippen LogP contribution in [0.15, 0.2) is 24.3 Å². The summed E-state index contributed by atoms with van der Waals surface area (Å²) in [5.74, 6) is 1.44. The van der Waals surface area contributed by atoms with Crippen LogP contribution in [0.25, 0.3) is 11.4 Å². The van der Waals surface area contributed by atoms with Crippen molar-refractivity contribution in [3.05, 3.63) is 38.7 Å². The van der Waals surface area contributed by atoms with Gasteiger partial charge in [-0.25, -0.2) is 9.97 Å². The second-order valence-corrected chi connectivity index (χ2v) is 4.90. The molecule has 1 aromatic carbocycles. The number of ether oxygens (including phenoxy) is 1. The van der Waals surface area contributed by atoms with Gasteiger partial charge >= 0.3 is 0 Å². The number of rotatable bonds is 2. The normalized spacial score (nSPS) is 10.4. The molecule has 0 bridgehead atoms. The minimum Gasteiger partial charge on any atom is -0.497 e. The lowest BCUT2D eigenvalue weighted by molar-refractivity contribution is 0.415. The summed E-state index contributed by atoms with van der Waals surface area (Å²) in [5.41, 5.74) is 1.81. The Hall–Kier alpha value is -0.880. The summed E-state index contributed by atoms with van der Waals surface area (Å²) < 4.78 is 5.99. The molecule has 0 N–H and O–H groups in total. The minimum absolute atomic E-state index is 0.490. The fourth-order valence-corrected chi connectivity index (χ4v) is 1.85. The maximum absolute atomic E-state index is 6.04. The van der Waals surface area contributed by atoms with Crippen molar-refractivity contribution in [2.24, 2.45) is 0 Å². The molecule has 0 amide bonds. The van der Waals surface area contributed by atoms with Crippen LogP contribution in [-0.4, -0.2) is 17.1 Å². The Morgan fingerprint density at radius 3 is 2.35 bits per heavy atom. The smallest absolute Gasteiger partial charge is 0.161 e. The molecule has 3 nitrogen and oxygen atoms in total. The highest BCUT2D eigenvalue weighted by Crippen LogP contribution is 2.24. The third kappa shape index (κ3) is 2.69. The third-order valence-corrected chi connectivity index (χ3v) is 4.21. The molecule has 0 unspecified atom stereocenters. The summed E-state index contributed by atoms with van der Waals surface area (Å²) in [7, 11) is 1.64. The van der Waals surface area contributed by atoms with Crippen molar-refractivity contribution in [2.75, 3.05) is 7.11 Å². The summed E-state index contributed by atoms with van der Waals surface area (Å²) in [6.45, 7) is 1.92. The lowest BCUT2D eigenvalue weighted by Crippen LogP contribution is -1.96. The van der Waals surface area contributed by atoms with Crippen LogP contribution < -0.4 is 4.74 Å². The van der Waals surface area contributed by atoms with E-state index in [-0.39, 0.29) is 0 Å². The van der Waals surface area contributed by atoms with E-state index < -0.39 is 0 Å². The van der Waals surface area contributed by atoms with Crippen LogP contribution in [0.4, 0.5) is 0 Å². The lowest BCUT2D eigenvalue weighted by atomic mass is 10.2. The van der Waals surface area contributed by atoms with E-state index in [2.05, 4.69) is 32.6 Å². The van der Waals surface area contributed by atoms with E-state index in [0.29, 0.717) is 11.0 Å². The van der Waals surface area contributed by atoms with Crippen LogP contribution in [0.2, 0.25) is 5.15 Å². The van der Waals surface area contributed by atoms with Crippen molar-refractivity contribution in [1.29, 1.82) is 0 Å². The van der Waals surface area contributed by atoms with Crippen LogP contribution in [-0.2, 0) is 0 Å². The Morgan fingerprint density at radius 1 is 1.18 bits per heavy atom. The molecule has 2 aromatic rings. The number of hydrogen-bond acceptors (Lipinski definition) is 3. The zero-order chi connectivity index (χ0) is 12.4. The Morgan fingerprint density at radius 2 is 1.82 bits per heavy atom. The number of benzene rings is 1. The fourth-order valence-electron chi connectivity index (χ4n) is 1.39. The first-order valence-corrected chi connectivity index (χ1v) is 6.41. The van der Waals surface area contributed by atoms with Gasteiger partial charge in [0.2, 0.25) is 0 Å². The Bertz CT molecular complexity index is 520. The SMILES string of the molecule is COc1ccc(-c2nc(C)c(I)c(Cl)n2)cc1. The molecule has 0 radical (unpaired) electrons. The largest absolute Gasteiger partial charge is 0.497 e. The summed E-state index contributed by atoms with van der Waals surface area (Å²) in [6, 6.07) is 7.58. The standard InChI is InChI=1S/C12H10ClIN2O/c1-7-10(14)11(13)16-12(15-7)8-3-5-9(17-2)6-4-8/h3-6H,1-2H3. The van der Waals surface area contributed by atoms with E-state index in [9.17, 15) is 0 Å². The van der Waals surface area contributed by atoms with Gasteiger partial charge in [-0.3, -0.25) is 0 Å². The predicted molar refractivity (Wildman–Crippen MR) is 76.5 cm³/mol. The third-order valence-electron chi connectivity index (χ3n) is 2.32. The van der Waals surface area contributed by atoms with Crippen molar-refractivity contribution in [2.45, 2.75) is 6.92 Å². The van der Waals surface area contributed by atoms with E-state index in [1.165, 1.54) is 0 Å². The van der Waals surface area contributed by atoms with Gasteiger partial charge in [0.05, 0.1) is 16.4 Å². The van der Waals surface area contributed by atoms with Crippen molar-refractivity contribution in [3.8, 4) is 17.1 Å². The van der Waals surface area contributed by atoms with Gasteiger partial charge in [0.15, 0.2) is 5.82 Å². The molecular formula is C12H10ClIN2O. The molecule has 0 aliphatic heterocycles. The van der Waals surface area contributed by atoms with E-state index in [4.69, 9.17) is 16.3 Å². The van der Waals surface area contributed by atoms with Crippen molar-refractivity contribution in [3.63, 3.8) is 0 Å². The number of methoxy groups -OCH3 is 1. The molecule has 17 heavy (non-hydrogen) atoms. The van der Waals surface area contributed by atoms with E-state index >= 15 is 0 Å². The molecule has 0 saturated carbocycles. The Balaban J connectivity index is 2.45. The van der Waals surface area contributed by atoms with Crippen molar-refractivity contribution >= 4 is 34.2 Å². The summed E-state index contributed by atoms with van der Waals surface area (Å²) >= 11 is 8.18. The van der Waals surface area contributed by atoms with Gasteiger partial charge < -0.3 is 4.74 Å². The molecule has 0 atom stereocenters. The average Bonchev–Trinajstić information content (AvgIpc) is 2.35. The fraction of sp³-hybridized carbons (Fsp3) is 0.167. The molecule has 1 heterocycles. The predicted octanol–water partition coefficient (Wildman–Crippen LogP) is 3.72. The molecule has 2 rings (SSSR count). The van der Waals surface area contributed by atoms with Crippen LogP contribution in [0, 0.1) is 10.5 Å². The number of nitrogens with zero attached hydrogens (tertiary/aromatic N) is 2. The highest BCUT2D eigenvalue weighted by molar-refractivity contribution is 14.1. The van der Waals surface area contributed by atoms with Crippen molar-refractivity contribution in [1.82, 2.24) is 9.97 Å². The van der Waals surface area contributed by atoms with E-state index in [0.717, 1.165) is 20.6 Å². The van der Waals surface area contributed by atoms with Crippen LogP contribution in [0.3, 0.4) is 0 Å². The molecule has 5 heteroatoms. The molecule has 1 aromatic heterocycles. The molecule has 88 valence electrons. The lowest BCUT2D eigenvalue weighted by Gasteiger charge is -2.05. The van der Waals surface area contributed by atoms with Crippen molar-refractivity contribution < 1.29 is 4.74 Å². The van der Waals surface area contributed by atoms with Gasteiger partial charge in [-0.15, -0.1) is 0 Å². The molecule has 0 fully saturated rings. The highest BCUT2D eigenvalue weighted by atomic mass is 127. The highest BCUT2D eigenvalue weighted by Gasteiger charge is 2.08. The molecule has 0 aliphatic rings. The van der Waals surface area contributed by atoms with Gasteiger partial charge in [0, 0.05) is 5.56 Å². The van der Waals surface area contributed by atoms with Gasteiger partial charge in [-0.05, 0) is 53.8 Å². The summed E-state index contributed by atoms with van der Waals surface area (Å²) in [5, 5.41) is 0.490. The molecule has 0 saturated heterocycles. The maximum atomic E-state index is 6.04. The summed E-state index contributed by atoms with van der Waals surface area (Å²) in [6.07, 6.45) is 0. The van der Waals surface area contributed by atoms with Crippen LogP contribution >= 0.6 is 34.2 Å². The first-order valence-electron chi connectivity index (χ1n) is 4.96. The first kappa shape index (κ1) is 12.6. The van der Waals surface area contributed by atoms with Crippen LogP contribution in [0.1, 0.15) is 5.69 Å². The molecular weight excluding hydrogens is 351 g/mol. The first-order chi connectivity index (χ1) is 8.11. The van der Waals surface area contributed by atoms with Crippen LogP contribution in [0.5, 0.6) is 5.75 Å². The zero-order valence-electron chi connectivity index (χ0n) is 9.37.